The maximum absolute atomic E-state index is 12.3. The largest absolute Gasteiger partial charge is 0.465 e. The van der Waals surface area contributed by atoms with E-state index >= 15 is 0 Å². The molecule has 1 amide bonds. The number of likely N-dealkylation sites (tertiary alicyclic amines) is 1. The van der Waals surface area contributed by atoms with Crippen molar-refractivity contribution in [3.8, 4) is 0 Å². The Bertz CT molecular complexity index is 831. The molecule has 1 N–H and O–H groups in total. The lowest BCUT2D eigenvalue weighted by molar-refractivity contribution is 0.153. The van der Waals surface area contributed by atoms with Crippen LogP contribution in [0.15, 0.2) is 35.3 Å². The second kappa shape index (κ2) is 5.01. The first-order chi connectivity index (χ1) is 11.0. The molecule has 2 saturated heterocycles. The molecule has 2 aliphatic heterocycles. The Labute approximate surface area is 133 Å². The molecule has 0 aliphatic carbocycles. The highest BCUT2D eigenvalue weighted by Gasteiger charge is 2.41. The molecule has 23 heavy (non-hydrogen) atoms. The average molecular weight is 313 g/mol. The Hall–Kier alpha value is -2.50. The van der Waals surface area contributed by atoms with Gasteiger partial charge in [0.2, 0.25) is 0 Å². The number of anilines is 1. The van der Waals surface area contributed by atoms with Gasteiger partial charge in [-0.2, -0.15) is 0 Å². The number of nitrogens with zero attached hydrogens (tertiary/aromatic N) is 3. The van der Waals surface area contributed by atoms with E-state index < -0.39 is 6.09 Å². The third kappa shape index (κ3) is 2.25. The Kier molecular flexibility index (Phi) is 3.07. The van der Waals surface area contributed by atoms with E-state index in [9.17, 15) is 9.59 Å². The normalized spacial score (nSPS) is 23.5. The molecule has 2 fully saturated rings. The van der Waals surface area contributed by atoms with Crippen LogP contribution in [0.1, 0.15) is 0 Å². The minimum absolute atomic E-state index is 0.0146. The summed E-state index contributed by atoms with van der Waals surface area (Å²) in [5.41, 5.74) is 1.07. The predicted octanol–water partition coefficient (Wildman–Crippen LogP) is 1.58. The Morgan fingerprint density at radius 1 is 1.13 bits per heavy atom. The Morgan fingerprint density at radius 3 is 2.48 bits per heavy atom. The summed E-state index contributed by atoms with van der Waals surface area (Å²) in [7, 11) is 1.76. The molecule has 0 bridgehead atoms. The van der Waals surface area contributed by atoms with Gasteiger partial charge in [-0.3, -0.25) is 4.79 Å². The number of carbonyl (C=O) groups is 1. The molecular weight excluding hydrogens is 294 g/mol. The first-order valence-corrected chi connectivity index (χ1v) is 7.85. The van der Waals surface area contributed by atoms with Crippen LogP contribution >= 0.6 is 0 Å². The topological polar surface area (TPSA) is 65.8 Å². The fourth-order valence-corrected chi connectivity index (χ4v) is 3.88. The van der Waals surface area contributed by atoms with E-state index in [-0.39, 0.29) is 5.56 Å². The van der Waals surface area contributed by atoms with Gasteiger partial charge in [-0.15, -0.1) is 0 Å². The molecule has 6 heteroatoms. The van der Waals surface area contributed by atoms with Crippen molar-refractivity contribution in [1.29, 1.82) is 0 Å². The zero-order valence-electron chi connectivity index (χ0n) is 13.0. The summed E-state index contributed by atoms with van der Waals surface area (Å²) in [5, 5.41) is 10.8. The van der Waals surface area contributed by atoms with Crippen molar-refractivity contribution >= 4 is 22.6 Å². The Balaban J connectivity index is 1.61. The quantitative estimate of drug-likeness (QED) is 0.868. The van der Waals surface area contributed by atoms with Gasteiger partial charge in [-0.1, -0.05) is 6.07 Å². The van der Waals surface area contributed by atoms with E-state index in [0.29, 0.717) is 24.9 Å². The van der Waals surface area contributed by atoms with Crippen LogP contribution < -0.4 is 10.5 Å². The SMILES string of the molecule is Cn1ccc2ccc(N3CC4CN(C(=O)O)CC4C3)cc2c1=O. The van der Waals surface area contributed by atoms with Crippen LogP contribution in [-0.4, -0.2) is 46.8 Å². The molecule has 3 heterocycles. The lowest BCUT2D eigenvalue weighted by Crippen LogP contribution is -2.32. The first-order valence-electron chi connectivity index (χ1n) is 7.85. The van der Waals surface area contributed by atoms with E-state index in [0.717, 1.165) is 29.5 Å². The van der Waals surface area contributed by atoms with Gasteiger partial charge in [0.1, 0.15) is 0 Å². The van der Waals surface area contributed by atoms with E-state index in [1.54, 1.807) is 17.8 Å². The van der Waals surface area contributed by atoms with Gasteiger partial charge in [0.25, 0.3) is 5.56 Å². The second-order valence-electron chi connectivity index (χ2n) is 6.62. The predicted molar refractivity (Wildman–Crippen MR) is 88.0 cm³/mol. The van der Waals surface area contributed by atoms with Crippen LogP contribution in [0.2, 0.25) is 0 Å². The molecule has 2 aromatic rings. The smallest absolute Gasteiger partial charge is 0.407 e. The van der Waals surface area contributed by atoms with Crippen molar-refractivity contribution in [2.45, 2.75) is 0 Å². The lowest BCUT2D eigenvalue weighted by atomic mass is 10.0. The van der Waals surface area contributed by atoms with Crippen LogP contribution in [0.4, 0.5) is 10.5 Å². The molecule has 0 spiro atoms. The molecular formula is C17H19N3O3. The maximum Gasteiger partial charge on any atom is 0.407 e. The number of aryl methyl sites for hydroxylation is 1. The van der Waals surface area contributed by atoms with E-state index in [2.05, 4.69) is 11.0 Å². The molecule has 120 valence electrons. The van der Waals surface area contributed by atoms with Gasteiger partial charge in [-0.05, 0) is 23.6 Å². The highest BCUT2D eigenvalue weighted by atomic mass is 16.4. The van der Waals surface area contributed by atoms with Crippen molar-refractivity contribution in [2.75, 3.05) is 31.1 Å². The number of hydrogen-bond donors (Lipinski definition) is 1. The minimum Gasteiger partial charge on any atom is -0.465 e. The summed E-state index contributed by atoms with van der Waals surface area (Å²) in [6.45, 7) is 2.94. The summed E-state index contributed by atoms with van der Waals surface area (Å²) in [5.74, 6) is 0.779. The van der Waals surface area contributed by atoms with Crippen molar-refractivity contribution in [2.24, 2.45) is 18.9 Å². The third-order valence-corrected chi connectivity index (χ3v) is 5.19. The molecule has 4 rings (SSSR count). The van der Waals surface area contributed by atoms with Crippen LogP contribution in [0, 0.1) is 11.8 Å². The number of hydrogen-bond acceptors (Lipinski definition) is 3. The maximum atomic E-state index is 12.3. The zero-order valence-corrected chi connectivity index (χ0v) is 13.0. The van der Waals surface area contributed by atoms with Crippen LogP contribution in [0.3, 0.4) is 0 Å². The molecule has 0 radical (unpaired) electrons. The van der Waals surface area contributed by atoms with Crippen LogP contribution in [0.25, 0.3) is 10.8 Å². The number of carboxylic acid groups (broad SMARTS) is 1. The number of amides is 1. The Morgan fingerprint density at radius 2 is 1.83 bits per heavy atom. The molecule has 2 atom stereocenters. The van der Waals surface area contributed by atoms with Crippen molar-refractivity contribution in [3.05, 3.63) is 40.8 Å². The summed E-state index contributed by atoms with van der Waals surface area (Å²) < 4.78 is 1.59. The van der Waals surface area contributed by atoms with Gasteiger partial charge in [0, 0.05) is 62.3 Å². The summed E-state index contributed by atoms with van der Waals surface area (Å²) in [6.07, 6.45) is 0.964. The molecule has 6 nitrogen and oxygen atoms in total. The highest BCUT2D eigenvalue weighted by molar-refractivity contribution is 5.85. The fraction of sp³-hybridized carbons (Fsp3) is 0.412. The molecule has 2 unspecified atom stereocenters. The molecule has 0 saturated carbocycles. The monoisotopic (exact) mass is 313 g/mol. The third-order valence-electron chi connectivity index (χ3n) is 5.19. The number of aromatic nitrogens is 1. The number of rotatable bonds is 1. The summed E-state index contributed by atoms with van der Waals surface area (Å²) in [6, 6.07) is 7.96. The van der Waals surface area contributed by atoms with E-state index in [1.807, 2.05) is 18.2 Å². The van der Waals surface area contributed by atoms with Gasteiger partial charge >= 0.3 is 6.09 Å². The van der Waals surface area contributed by atoms with Gasteiger partial charge in [-0.25, -0.2) is 4.79 Å². The molecule has 1 aromatic carbocycles. The van der Waals surface area contributed by atoms with Gasteiger partial charge < -0.3 is 19.5 Å². The van der Waals surface area contributed by atoms with Gasteiger partial charge in [0.05, 0.1) is 0 Å². The highest BCUT2D eigenvalue weighted by Crippen LogP contribution is 2.34. The second-order valence-corrected chi connectivity index (χ2v) is 6.62. The number of pyridine rings is 1. The van der Waals surface area contributed by atoms with Gasteiger partial charge in [0.15, 0.2) is 0 Å². The number of fused-ring (bicyclic) bond motifs is 2. The summed E-state index contributed by atoms with van der Waals surface area (Å²) >= 11 is 0. The fourth-order valence-electron chi connectivity index (χ4n) is 3.88. The summed E-state index contributed by atoms with van der Waals surface area (Å²) in [4.78, 5) is 27.2. The first kappa shape index (κ1) is 14.1. The standard InChI is InChI=1S/C17H19N3O3/c1-18-5-4-11-2-3-14(6-15(11)16(18)21)19-7-12-9-20(17(22)23)10-13(12)8-19/h2-6,12-13H,7-10H2,1H3,(H,22,23). The lowest BCUT2D eigenvalue weighted by Gasteiger charge is -2.22. The van der Waals surface area contributed by atoms with E-state index in [1.165, 1.54) is 4.90 Å². The number of benzene rings is 1. The average Bonchev–Trinajstić information content (AvgIpc) is 3.09. The minimum atomic E-state index is -0.819. The molecule has 2 aliphatic rings. The van der Waals surface area contributed by atoms with E-state index in [4.69, 9.17) is 5.11 Å². The van der Waals surface area contributed by atoms with Crippen LogP contribution in [0.5, 0.6) is 0 Å². The van der Waals surface area contributed by atoms with Crippen molar-refractivity contribution in [3.63, 3.8) is 0 Å². The molecule has 1 aromatic heterocycles. The van der Waals surface area contributed by atoms with Crippen LogP contribution in [-0.2, 0) is 7.05 Å². The van der Waals surface area contributed by atoms with Crippen molar-refractivity contribution in [1.82, 2.24) is 9.47 Å². The zero-order chi connectivity index (χ0) is 16.1. The van der Waals surface area contributed by atoms with Crippen molar-refractivity contribution < 1.29 is 9.90 Å².